The fourth-order valence-corrected chi connectivity index (χ4v) is 1.93. The minimum Gasteiger partial charge on any atom is -0.490 e. The molecule has 6 nitrogen and oxygen atoms in total. The smallest absolute Gasteiger partial charge is 0.204 e. The number of nitrogens with zero attached hydrogens (tertiary/aromatic N) is 3. The summed E-state index contributed by atoms with van der Waals surface area (Å²) in [5.41, 5.74) is 0. The molecule has 0 saturated heterocycles. The van der Waals surface area contributed by atoms with Crippen molar-refractivity contribution in [1.29, 1.82) is 0 Å². The molecule has 0 aromatic carbocycles. The Labute approximate surface area is 103 Å². The topological polar surface area (TPSA) is 72.0 Å². The highest BCUT2D eigenvalue weighted by molar-refractivity contribution is 7.09. The third kappa shape index (κ3) is 2.62. The van der Waals surface area contributed by atoms with Crippen LogP contribution < -0.4 is 15.4 Å². The predicted octanol–water partition coefficient (Wildman–Crippen LogP) is 1.60. The first-order chi connectivity index (χ1) is 8.35. The summed E-state index contributed by atoms with van der Waals surface area (Å²) < 4.78 is 5.27. The standard InChI is InChI=1S/C10H13N5OS/c1-11-9-8(16-2)10(15-6-14-9)13-5-7-12-3-4-17-7/h3-4,6H,5H2,1-2H3,(H2,11,13,14,15). The van der Waals surface area contributed by atoms with E-state index in [9.17, 15) is 0 Å². The van der Waals surface area contributed by atoms with E-state index in [1.165, 1.54) is 6.33 Å². The van der Waals surface area contributed by atoms with E-state index in [4.69, 9.17) is 4.74 Å². The van der Waals surface area contributed by atoms with E-state index in [1.807, 2.05) is 5.38 Å². The molecule has 17 heavy (non-hydrogen) atoms. The molecule has 2 heterocycles. The van der Waals surface area contributed by atoms with Crippen molar-refractivity contribution >= 4 is 23.0 Å². The van der Waals surface area contributed by atoms with E-state index in [1.54, 1.807) is 31.7 Å². The highest BCUT2D eigenvalue weighted by Gasteiger charge is 2.10. The Balaban J connectivity index is 2.14. The van der Waals surface area contributed by atoms with E-state index in [0.717, 1.165) is 5.01 Å². The summed E-state index contributed by atoms with van der Waals surface area (Å²) in [5, 5.41) is 9.06. The van der Waals surface area contributed by atoms with E-state index < -0.39 is 0 Å². The molecule has 0 aliphatic carbocycles. The van der Waals surface area contributed by atoms with Crippen molar-refractivity contribution in [2.45, 2.75) is 6.54 Å². The maximum atomic E-state index is 5.27. The normalized spacial score (nSPS) is 10.0. The first kappa shape index (κ1) is 11.6. The van der Waals surface area contributed by atoms with E-state index in [-0.39, 0.29) is 0 Å². The average Bonchev–Trinajstić information content (AvgIpc) is 2.88. The van der Waals surface area contributed by atoms with Gasteiger partial charge in [-0.05, 0) is 0 Å². The van der Waals surface area contributed by atoms with Crippen LogP contribution in [-0.2, 0) is 6.54 Å². The van der Waals surface area contributed by atoms with Gasteiger partial charge < -0.3 is 15.4 Å². The van der Waals surface area contributed by atoms with Gasteiger partial charge in [0.2, 0.25) is 5.75 Å². The highest BCUT2D eigenvalue weighted by atomic mass is 32.1. The van der Waals surface area contributed by atoms with Gasteiger partial charge in [0.05, 0.1) is 13.7 Å². The average molecular weight is 251 g/mol. The second-order valence-corrected chi connectivity index (χ2v) is 4.11. The molecular formula is C10H13N5OS. The van der Waals surface area contributed by atoms with E-state index >= 15 is 0 Å². The van der Waals surface area contributed by atoms with Gasteiger partial charge in [-0.25, -0.2) is 15.0 Å². The van der Waals surface area contributed by atoms with Crippen LogP contribution in [0.4, 0.5) is 11.6 Å². The molecule has 0 aliphatic heterocycles. The van der Waals surface area contributed by atoms with E-state index in [2.05, 4.69) is 25.6 Å². The monoisotopic (exact) mass is 251 g/mol. The van der Waals surface area contributed by atoms with Gasteiger partial charge in [0.1, 0.15) is 11.3 Å². The number of hydrogen-bond acceptors (Lipinski definition) is 7. The fraction of sp³-hybridized carbons (Fsp3) is 0.300. The second-order valence-electron chi connectivity index (χ2n) is 3.13. The van der Waals surface area contributed by atoms with Gasteiger partial charge in [0.25, 0.3) is 0 Å². The van der Waals surface area contributed by atoms with Crippen LogP contribution in [0.25, 0.3) is 0 Å². The van der Waals surface area contributed by atoms with Gasteiger partial charge in [0, 0.05) is 18.6 Å². The number of anilines is 2. The van der Waals surface area contributed by atoms with Crippen LogP contribution in [0, 0.1) is 0 Å². The summed E-state index contributed by atoms with van der Waals surface area (Å²) in [6.07, 6.45) is 3.26. The Bertz CT molecular complexity index is 474. The van der Waals surface area contributed by atoms with Gasteiger partial charge in [-0.2, -0.15) is 0 Å². The van der Waals surface area contributed by atoms with E-state index in [0.29, 0.717) is 23.9 Å². The summed E-state index contributed by atoms with van der Waals surface area (Å²) in [6, 6.07) is 0. The van der Waals surface area contributed by atoms with Crippen LogP contribution in [-0.4, -0.2) is 29.1 Å². The number of aromatic nitrogens is 3. The lowest BCUT2D eigenvalue weighted by molar-refractivity contribution is 0.415. The zero-order valence-electron chi connectivity index (χ0n) is 9.60. The lowest BCUT2D eigenvalue weighted by Gasteiger charge is -2.11. The second kappa shape index (κ2) is 5.44. The van der Waals surface area contributed by atoms with Crippen molar-refractivity contribution in [3.8, 4) is 5.75 Å². The molecule has 0 saturated carbocycles. The summed E-state index contributed by atoms with van der Waals surface area (Å²) >= 11 is 1.59. The first-order valence-corrected chi connectivity index (χ1v) is 5.92. The Hall–Kier alpha value is -1.89. The molecule has 0 bridgehead atoms. The molecular weight excluding hydrogens is 238 g/mol. The third-order valence-corrected chi connectivity index (χ3v) is 2.91. The third-order valence-electron chi connectivity index (χ3n) is 2.14. The maximum Gasteiger partial charge on any atom is 0.204 e. The summed E-state index contributed by atoms with van der Waals surface area (Å²) in [4.78, 5) is 12.4. The summed E-state index contributed by atoms with van der Waals surface area (Å²) in [7, 11) is 3.38. The molecule has 0 amide bonds. The van der Waals surface area contributed by atoms with Crippen molar-refractivity contribution in [3.05, 3.63) is 22.9 Å². The number of hydrogen-bond donors (Lipinski definition) is 2. The molecule has 0 unspecified atom stereocenters. The maximum absolute atomic E-state index is 5.27. The van der Waals surface area contributed by atoms with Crippen molar-refractivity contribution < 1.29 is 4.74 Å². The number of ether oxygens (including phenoxy) is 1. The van der Waals surface area contributed by atoms with Gasteiger partial charge in [0.15, 0.2) is 11.6 Å². The van der Waals surface area contributed by atoms with Crippen molar-refractivity contribution in [2.75, 3.05) is 24.8 Å². The predicted molar refractivity (Wildman–Crippen MR) is 67.6 cm³/mol. The highest BCUT2D eigenvalue weighted by Crippen LogP contribution is 2.28. The lowest BCUT2D eigenvalue weighted by Crippen LogP contribution is -2.06. The Morgan fingerprint density at radius 3 is 2.76 bits per heavy atom. The molecule has 0 atom stereocenters. The minimum atomic E-state index is 0.603. The Kier molecular flexibility index (Phi) is 3.71. The van der Waals surface area contributed by atoms with Gasteiger partial charge in [-0.1, -0.05) is 0 Å². The molecule has 2 aromatic heterocycles. The van der Waals surface area contributed by atoms with Gasteiger partial charge in [-0.15, -0.1) is 11.3 Å². The van der Waals surface area contributed by atoms with Crippen molar-refractivity contribution in [2.24, 2.45) is 0 Å². The fourth-order valence-electron chi connectivity index (χ4n) is 1.37. The molecule has 0 fully saturated rings. The van der Waals surface area contributed by atoms with Crippen LogP contribution in [0.15, 0.2) is 17.9 Å². The molecule has 2 aromatic rings. The van der Waals surface area contributed by atoms with Crippen LogP contribution in [0.2, 0.25) is 0 Å². The van der Waals surface area contributed by atoms with Crippen LogP contribution >= 0.6 is 11.3 Å². The lowest BCUT2D eigenvalue weighted by atomic mass is 10.4. The zero-order chi connectivity index (χ0) is 12.1. The Morgan fingerprint density at radius 1 is 1.29 bits per heavy atom. The quantitative estimate of drug-likeness (QED) is 0.841. The van der Waals surface area contributed by atoms with Crippen LogP contribution in [0.1, 0.15) is 5.01 Å². The number of nitrogens with one attached hydrogen (secondary N) is 2. The molecule has 0 spiro atoms. The van der Waals surface area contributed by atoms with Crippen molar-refractivity contribution in [1.82, 2.24) is 15.0 Å². The zero-order valence-corrected chi connectivity index (χ0v) is 10.4. The summed E-state index contributed by atoms with van der Waals surface area (Å²) in [5.74, 6) is 1.91. The number of rotatable bonds is 5. The molecule has 2 rings (SSSR count). The first-order valence-electron chi connectivity index (χ1n) is 5.04. The van der Waals surface area contributed by atoms with Crippen LogP contribution in [0.5, 0.6) is 5.75 Å². The number of methoxy groups -OCH3 is 1. The molecule has 90 valence electrons. The van der Waals surface area contributed by atoms with Crippen molar-refractivity contribution in [3.63, 3.8) is 0 Å². The SMILES string of the molecule is CNc1ncnc(NCc2nccs2)c1OC. The molecule has 2 N–H and O–H groups in total. The summed E-state index contributed by atoms with van der Waals surface area (Å²) in [6.45, 7) is 0.619. The molecule has 7 heteroatoms. The number of thiazole rings is 1. The molecule has 0 radical (unpaired) electrons. The van der Waals surface area contributed by atoms with Gasteiger partial charge >= 0.3 is 0 Å². The largest absolute Gasteiger partial charge is 0.490 e. The minimum absolute atomic E-state index is 0.603. The van der Waals surface area contributed by atoms with Gasteiger partial charge in [-0.3, -0.25) is 0 Å². The Morgan fingerprint density at radius 2 is 2.12 bits per heavy atom. The molecule has 0 aliphatic rings. The van der Waals surface area contributed by atoms with Crippen LogP contribution in [0.3, 0.4) is 0 Å².